The summed E-state index contributed by atoms with van der Waals surface area (Å²) in [6.45, 7) is 5.87. The Labute approximate surface area is 108 Å². The molecule has 1 atom stereocenters. The molecule has 6 nitrogen and oxygen atoms in total. The van der Waals surface area contributed by atoms with Gasteiger partial charge in [-0.05, 0) is 6.54 Å². The van der Waals surface area contributed by atoms with Gasteiger partial charge in [-0.1, -0.05) is 6.92 Å². The molecule has 0 aromatic heterocycles. The minimum Gasteiger partial charge on any atom is -0.383 e. The molecule has 1 saturated heterocycles. The third-order valence-corrected chi connectivity index (χ3v) is 3.00. The second-order valence-corrected chi connectivity index (χ2v) is 4.38. The molecule has 0 radical (unpaired) electrons. The molecule has 0 aliphatic carbocycles. The molecule has 2 amide bonds. The molecular formula is C12H23N3O3. The molecule has 0 bridgehead atoms. The number of carbonyl (C=O) groups is 2. The van der Waals surface area contributed by atoms with Crippen LogP contribution >= 0.6 is 0 Å². The van der Waals surface area contributed by atoms with Gasteiger partial charge in [0, 0.05) is 39.7 Å². The zero-order valence-corrected chi connectivity index (χ0v) is 11.2. The number of methoxy groups -OCH3 is 1. The molecule has 1 unspecified atom stereocenters. The van der Waals surface area contributed by atoms with Crippen molar-refractivity contribution in [2.24, 2.45) is 5.92 Å². The summed E-state index contributed by atoms with van der Waals surface area (Å²) >= 11 is 0. The number of nitrogens with one attached hydrogen (secondary N) is 2. The molecule has 0 saturated carbocycles. The number of ether oxygens (including phenoxy) is 1. The van der Waals surface area contributed by atoms with Gasteiger partial charge in [0.1, 0.15) is 0 Å². The van der Waals surface area contributed by atoms with E-state index in [2.05, 4.69) is 10.6 Å². The Hall–Kier alpha value is -1.14. The van der Waals surface area contributed by atoms with E-state index in [9.17, 15) is 9.59 Å². The summed E-state index contributed by atoms with van der Waals surface area (Å²) in [5.74, 6) is -0.198. The Kier molecular flexibility index (Phi) is 6.67. The van der Waals surface area contributed by atoms with E-state index in [-0.39, 0.29) is 17.7 Å². The zero-order valence-electron chi connectivity index (χ0n) is 11.2. The van der Waals surface area contributed by atoms with Crippen molar-refractivity contribution < 1.29 is 14.3 Å². The van der Waals surface area contributed by atoms with Crippen LogP contribution in [-0.2, 0) is 14.3 Å². The lowest BCUT2D eigenvalue weighted by Gasteiger charge is -2.15. The fraction of sp³-hybridized carbons (Fsp3) is 0.833. The molecule has 2 N–H and O–H groups in total. The predicted molar refractivity (Wildman–Crippen MR) is 68.1 cm³/mol. The van der Waals surface area contributed by atoms with Crippen LogP contribution in [0, 0.1) is 5.92 Å². The first-order valence-corrected chi connectivity index (χ1v) is 6.44. The highest BCUT2D eigenvalue weighted by Gasteiger charge is 2.33. The Bertz CT molecular complexity index is 284. The second kappa shape index (κ2) is 8.05. The van der Waals surface area contributed by atoms with Crippen LogP contribution in [0.25, 0.3) is 0 Å². The van der Waals surface area contributed by atoms with E-state index in [4.69, 9.17) is 4.74 Å². The van der Waals surface area contributed by atoms with Crippen molar-refractivity contribution in [1.82, 2.24) is 15.5 Å². The van der Waals surface area contributed by atoms with Crippen LogP contribution in [0.5, 0.6) is 0 Å². The molecule has 104 valence electrons. The lowest BCUT2D eigenvalue weighted by atomic mass is 10.1. The number of hydrogen-bond acceptors (Lipinski definition) is 4. The highest BCUT2D eigenvalue weighted by atomic mass is 16.5. The normalized spacial score (nSPS) is 19.3. The highest BCUT2D eigenvalue weighted by molar-refractivity contribution is 5.89. The van der Waals surface area contributed by atoms with Gasteiger partial charge in [-0.25, -0.2) is 0 Å². The monoisotopic (exact) mass is 257 g/mol. The number of hydrogen-bond donors (Lipinski definition) is 2. The summed E-state index contributed by atoms with van der Waals surface area (Å²) in [7, 11) is 1.60. The van der Waals surface area contributed by atoms with Gasteiger partial charge in [-0.15, -0.1) is 0 Å². The number of carbonyl (C=O) groups excluding carboxylic acids is 2. The Morgan fingerprint density at radius 2 is 2.28 bits per heavy atom. The largest absolute Gasteiger partial charge is 0.383 e. The van der Waals surface area contributed by atoms with Crippen molar-refractivity contribution in [2.75, 3.05) is 46.4 Å². The van der Waals surface area contributed by atoms with Crippen LogP contribution in [0.3, 0.4) is 0 Å². The molecule has 0 spiro atoms. The van der Waals surface area contributed by atoms with Crippen LogP contribution in [0.2, 0.25) is 0 Å². The summed E-state index contributed by atoms with van der Waals surface area (Å²) in [5, 5.41) is 5.98. The van der Waals surface area contributed by atoms with E-state index >= 15 is 0 Å². The lowest BCUT2D eigenvalue weighted by Crippen LogP contribution is -2.37. The van der Waals surface area contributed by atoms with Crippen molar-refractivity contribution in [2.45, 2.75) is 13.3 Å². The summed E-state index contributed by atoms with van der Waals surface area (Å²) in [6.07, 6.45) is 0.316. The zero-order chi connectivity index (χ0) is 13.4. The highest BCUT2D eigenvalue weighted by Crippen LogP contribution is 2.17. The molecule has 0 aromatic rings. The maximum absolute atomic E-state index is 11.8. The average molecular weight is 257 g/mol. The number of rotatable bonds is 8. The molecule has 1 aliphatic rings. The van der Waals surface area contributed by atoms with Crippen LogP contribution in [0.15, 0.2) is 0 Å². The molecule has 1 rings (SSSR count). The number of amides is 2. The maximum atomic E-state index is 11.8. The summed E-state index contributed by atoms with van der Waals surface area (Å²) in [5.41, 5.74) is 0. The Balaban J connectivity index is 2.26. The van der Waals surface area contributed by atoms with E-state index in [1.54, 1.807) is 12.0 Å². The van der Waals surface area contributed by atoms with Crippen LogP contribution in [0.4, 0.5) is 0 Å². The van der Waals surface area contributed by atoms with Crippen molar-refractivity contribution in [3.8, 4) is 0 Å². The third-order valence-electron chi connectivity index (χ3n) is 3.00. The SMILES string of the molecule is CCNCCNC(=O)C1CC(=O)N(CCOC)C1. The van der Waals surface area contributed by atoms with Gasteiger partial charge in [0.2, 0.25) is 11.8 Å². The van der Waals surface area contributed by atoms with Crippen molar-refractivity contribution >= 4 is 11.8 Å². The van der Waals surface area contributed by atoms with E-state index in [1.807, 2.05) is 6.92 Å². The molecule has 1 heterocycles. The molecule has 6 heteroatoms. The first-order chi connectivity index (χ1) is 8.69. The van der Waals surface area contributed by atoms with E-state index in [0.717, 1.165) is 13.1 Å². The van der Waals surface area contributed by atoms with E-state index in [1.165, 1.54) is 0 Å². The third kappa shape index (κ3) is 4.62. The van der Waals surface area contributed by atoms with Gasteiger partial charge in [0.25, 0.3) is 0 Å². The van der Waals surface area contributed by atoms with Gasteiger partial charge < -0.3 is 20.3 Å². The fourth-order valence-electron chi connectivity index (χ4n) is 1.96. The minimum atomic E-state index is -0.212. The van der Waals surface area contributed by atoms with Gasteiger partial charge in [0.15, 0.2) is 0 Å². The Morgan fingerprint density at radius 3 is 2.94 bits per heavy atom. The predicted octanol–water partition coefficient (Wildman–Crippen LogP) is -0.793. The quantitative estimate of drug-likeness (QED) is 0.559. The molecule has 1 aliphatic heterocycles. The second-order valence-electron chi connectivity index (χ2n) is 4.38. The van der Waals surface area contributed by atoms with Crippen molar-refractivity contribution in [1.29, 1.82) is 0 Å². The Morgan fingerprint density at radius 1 is 1.50 bits per heavy atom. The van der Waals surface area contributed by atoms with Gasteiger partial charge in [-0.2, -0.15) is 0 Å². The van der Waals surface area contributed by atoms with Crippen LogP contribution < -0.4 is 10.6 Å². The van der Waals surface area contributed by atoms with Crippen molar-refractivity contribution in [3.63, 3.8) is 0 Å². The number of likely N-dealkylation sites (N-methyl/N-ethyl adjacent to an activating group) is 1. The fourth-order valence-corrected chi connectivity index (χ4v) is 1.96. The van der Waals surface area contributed by atoms with Gasteiger partial charge in [0.05, 0.1) is 12.5 Å². The minimum absolute atomic E-state index is 0.0267. The van der Waals surface area contributed by atoms with Crippen LogP contribution in [-0.4, -0.2) is 63.2 Å². The van der Waals surface area contributed by atoms with E-state index < -0.39 is 0 Å². The first-order valence-electron chi connectivity index (χ1n) is 6.44. The summed E-state index contributed by atoms with van der Waals surface area (Å²) in [4.78, 5) is 25.2. The van der Waals surface area contributed by atoms with Gasteiger partial charge in [-0.3, -0.25) is 9.59 Å². The van der Waals surface area contributed by atoms with Crippen molar-refractivity contribution in [3.05, 3.63) is 0 Å². The van der Waals surface area contributed by atoms with E-state index in [0.29, 0.717) is 32.7 Å². The smallest absolute Gasteiger partial charge is 0.225 e. The summed E-state index contributed by atoms with van der Waals surface area (Å²) in [6, 6.07) is 0. The first kappa shape index (κ1) is 14.9. The summed E-state index contributed by atoms with van der Waals surface area (Å²) < 4.78 is 4.94. The molecular weight excluding hydrogens is 234 g/mol. The molecule has 0 aromatic carbocycles. The maximum Gasteiger partial charge on any atom is 0.225 e. The molecule has 1 fully saturated rings. The number of likely N-dealkylation sites (tertiary alicyclic amines) is 1. The lowest BCUT2D eigenvalue weighted by molar-refractivity contribution is -0.129. The molecule has 18 heavy (non-hydrogen) atoms. The van der Waals surface area contributed by atoms with Crippen LogP contribution in [0.1, 0.15) is 13.3 Å². The topological polar surface area (TPSA) is 70.7 Å². The average Bonchev–Trinajstić information content (AvgIpc) is 2.73. The van der Waals surface area contributed by atoms with Gasteiger partial charge >= 0.3 is 0 Å². The standard InChI is InChI=1S/C12H23N3O3/c1-3-13-4-5-14-12(17)10-8-11(16)15(9-10)6-7-18-2/h10,13H,3-9H2,1-2H3,(H,14,17). The number of nitrogens with zero attached hydrogens (tertiary/aromatic N) is 1.